The third-order valence-corrected chi connectivity index (χ3v) is 2.10. The summed E-state index contributed by atoms with van der Waals surface area (Å²) in [4.78, 5) is 16.6. The molecule has 0 aliphatic carbocycles. The van der Waals surface area contributed by atoms with Crippen molar-refractivity contribution in [1.82, 2.24) is 4.90 Å². The Balaban J connectivity index is 2.89. The molecule has 0 aromatic rings. The van der Waals surface area contributed by atoms with E-state index in [-0.39, 0.29) is 0 Å². The maximum atomic E-state index is 10.6. The zero-order chi connectivity index (χ0) is 10.7. The average Bonchev–Trinajstić information content (AvgIpc) is 2.46. The Labute approximate surface area is 83.2 Å². The topological polar surface area (TPSA) is 52.9 Å². The molecule has 0 radical (unpaired) electrons. The molecule has 1 atom stereocenters. The van der Waals surface area contributed by atoms with Crippen LogP contribution in [-0.4, -0.2) is 35.9 Å². The second-order valence-corrected chi connectivity index (χ2v) is 3.22. The summed E-state index contributed by atoms with van der Waals surface area (Å²) in [6.07, 6.45) is 5.43. The zero-order valence-corrected chi connectivity index (χ0v) is 8.56. The van der Waals surface area contributed by atoms with Crippen LogP contribution >= 0.6 is 0 Å². The summed E-state index contributed by atoms with van der Waals surface area (Å²) in [7, 11) is 3.57. The van der Waals surface area contributed by atoms with Crippen molar-refractivity contribution < 1.29 is 9.90 Å². The van der Waals surface area contributed by atoms with Gasteiger partial charge in [-0.1, -0.05) is 6.08 Å². The second kappa shape index (κ2) is 4.09. The molecule has 1 unspecified atom stereocenters. The average molecular weight is 194 g/mol. The van der Waals surface area contributed by atoms with E-state index >= 15 is 0 Å². The molecule has 1 aliphatic heterocycles. The Hall–Kier alpha value is -1.58. The molecule has 0 amide bonds. The highest BCUT2D eigenvalue weighted by Gasteiger charge is 2.16. The van der Waals surface area contributed by atoms with Crippen molar-refractivity contribution in [3.8, 4) is 0 Å². The molecule has 76 valence electrons. The lowest BCUT2D eigenvalue weighted by Gasteiger charge is -2.10. The number of carboxylic acids is 1. The molecule has 0 saturated carbocycles. The lowest BCUT2D eigenvalue weighted by Crippen LogP contribution is -2.18. The molecule has 0 saturated heterocycles. The minimum Gasteiger partial charge on any atom is -0.481 e. The molecule has 0 aromatic carbocycles. The molecule has 0 aromatic heterocycles. The van der Waals surface area contributed by atoms with Gasteiger partial charge in [-0.2, -0.15) is 0 Å². The van der Waals surface area contributed by atoms with E-state index in [1.165, 1.54) is 0 Å². The molecule has 14 heavy (non-hydrogen) atoms. The largest absolute Gasteiger partial charge is 0.481 e. The van der Waals surface area contributed by atoms with Crippen LogP contribution in [0, 0.1) is 5.92 Å². The molecule has 1 aliphatic rings. The lowest BCUT2D eigenvalue weighted by molar-refractivity contribution is -0.139. The molecule has 0 bridgehead atoms. The van der Waals surface area contributed by atoms with Gasteiger partial charge in [-0.3, -0.25) is 9.79 Å². The maximum absolute atomic E-state index is 10.6. The Bertz CT molecular complexity index is 329. The van der Waals surface area contributed by atoms with Crippen LogP contribution in [0.4, 0.5) is 0 Å². The first-order valence-corrected chi connectivity index (χ1v) is 4.39. The van der Waals surface area contributed by atoms with Gasteiger partial charge >= 0.3 is 5.97 Å². The summed E-state index contributed by atoms with van der Waals surface area (Å²) < 4.78 is 0. The number of likely N-dealkylation sites (N-methyl/N-ethyl adjacent to an activating group) is 1. The summed E-state index contributed by atoms with van der Waals surface area (Å²) in [5.41, 5.74) is 0.866. The quantitative estimate of drug-likeness (QED) is 0.716. The Kier molecular flexibility index (Phi) is 3.06. The number of amidine groups is 1. The standard InChI is InChI=1S/C10H14N2O2/c1-7(10(13)14)6-8-4-5-12(3)9(8)11-2/h4-7H,1-3H3,(H,13,14)/b8-6-,11-9?. The number of carboxylic acid groups (broad SMARTS) is 1. The van der Waals surface area contributed by atoms with Crippen LogP contribution in [0.25, 0.3) is 0 Å². The fourth-order valence-electron chi connectivity index (χ4n) is 1.30. The molecular weight excluding hydrogens is 180 g/mol. The minimum absolute atomic E-state index is 0.488. The zero-order valence-electron chi connectivity index (χ0n) is 8.56. The summed E-state index contributed by atoms with van der Waals surface area (Å²) >= 11 is 0. The highest BCUT2D eigenvalue weighted by Crippen LogP contribution is 2.15. The monoisotopic (exact) mass is 194 g/mol. The van der Waals surface area contributed by atoms with Crippen molar-refractivity contribution in [2.45, 2.75) is 6.92 Å². The Morgan fingerprint density at radius 1 is 1.71 bits per heavy atom. The van der Waals surface area contributed by atoms with Crippen LogP contribution in [0.5, 0.6) is 0 Å². The van der Waals surface area contributed by atoms with E-state index in [0.717, 1.165) is 11.4 Å². The van der Waals surface area contributed by atoms with E-state index in [1.807, 2.05) is 24.2 Å². The molecule has 1 rings (SSSR count). The smallest absolute Gasteiger partial charge is 0.310 e. The molecule has 1 heterocycles. The SMILES string of the molecule is CN=C1/C(=C\C(C)C(=O)O)C=CN1C. The summed E-state index contributed by atoms with van der Waals surface area (Å²) in [6.45, 7) is 1.65. The third kappa shape index (κ3) is 2.02. The van der Waals surface area contributed by atoms with Gasteiger partial charge in [0.25, 0.3) is 0 Å². The van der Waals surface area contributed by atoms with Gasteiger partial charge in [0.2, 0.25) is 0 Å². The van der Waals surface area contributed by atoms with Crippen molar-refractivity contribution in [1.29, 1.82) is 0 Å². The predicted octanol–water partition coefficient (Wildman–Crippen LogP) is 1.12. The van der Waals surface area contributed by atoms with Crippen LogP contribution in [0.3, 0.4) is 0 Å². The van der Waals surface area contributed by atoms with Gasteiger partial charge in [-0.05, 0) is 13.0 Å². The van der Waals surface area contributed by atoms with E-state index < -0.39 is 11.9 Å². The van der Waals surface area contributed by atoms with Crippen LogP contribution < -0.4 is 0 Å². The highest BCUT2D eigenvalue weighted by atomic mass is 16.4. The first kappa shape index (κ1) is 10.5. The molecule has 4 heteroatoms. The van der Waals surface area contributed by atoms with Crippen LogP contribution in [0.2, 0.25) is 0 Å². The Morgan fingerprint density at radius 2 is 2.36 bits per heavy atom. The number of hydrogen-bond donors (Lipinski definition) is 1. The molecule has 0 fully saturated rings. The predicted molar refractivity (Wildman–Crippen MR) is 55.1 cm³/mol. The molecule has 0 spiro atoms. The van der Waals surface area contributed by atoms with Crippen molar-refractivity contribution in [2.75, 3.05) is 14.1 Å². The van der Waals surface area contributed by atoms with Gasteiger partial charge < -0.3 is 10.0 Å². The van der Waals surface area contributed by atoms with E-state index in [4.69, 9.17) is 5.11 Å². The van der Waals surface area contributed by atoms with E-state index in [0.29, 0.717) is 0 Å². The van der Waals surface area contributed by atoms with Crippen molar-refractivity contribution >= 4 is 11.8 Å². The van der Waals surface area contributed by atoms with Gasteiger partial charge in [-0.25, -0.2) is 0 Å². The fraction of sp³-hybridized carbons (Fsp3) is 0.400. The fourth-order valence-corrected chi connectivity index (χ4v) is 1.30. The van der Waals surface area contributed by atoms with Gasteiger partial charge in [-0.15, -0.1) is 0 Å². The summed E-state index contributed by atoms with van der Waals surface area (Å²) in [5, 5.41) is 8.75. The van der Waals surface area contributed by atoms with Crippen LogP contribution in [0.1, 0.15) is 6.92 Å². The van der Waals surface area contributed by atoms with Gasteiger partial charge in [0.15, 0.2) is 0 Å². The number of carbonyl (C=O) groups is 1. The van der Waals surface area contributed by atoms with Gasteiger partial charge in [0.1, 0.15) is 5.84 Å². The Morgan fingerprint density at radius 3 is 2.86 bits per heavy atom. The molecule has 1 N–H and O–H groups in total. The van der Waals surface area contributed by atoms with Crippen LogP contribution in [0.15, 0.2) is 28.9 Å². The molecular formula is C10H14N2O2. The third-order valence-electron chi connectivity index (χ3n) is 2.10. The first-order chi connectivity index (χ1) is 6.56. The van der Waals surface area contributed by atoms with Gasteiger partial charge in [0.05, 0.1) is 5.92 Å². The lowest BCUT2D eigenvalue weighted by atomic mass is 10.1. The van der Waals surface area contributed by atoms with Gasteiger partial charge in [0, 0.05) is 25.9 Å². The summed E-state index contributed by atoms with van der Waals surface area (Å²) in [5.74, 6) is -0.507. The first-order valence-electron chi connectivity index (χ1n) is 4.39. The minimum atomic E-state index is -0.823. The van der Waals surface area contributed by atoms with E-state index in [2.05, 4.69) is 4.99 Å². The number of nitrogens with zero attached hydrogens (tertiary/aromatic N) is 2. The van der Waals surface area contributed by atoms with Crippen LogP contribution in [-0.2, 0) is 4.79 Å². The maximum Gasteiger partial charge on any atom is 0.310 e. The highest BCUT2D eigenvalue weighted by molar-refractivity contribution is 6.04. The molecule has 4 nitrogen and oxygen atoms in total. The number of aliphatic carboxylic acids is 1. The number of rotatable bonds is 2. The van der Waals surface area contributed by atoms with Crippen molar-refractivity contribution in [3.63, 3.8) is 0 Å². The number of hydrogen-bond acceptors (Lipinski definition) is 2. The van der Waals surface area contributed by atoms with Crippen molar-refractivity contribution in [3.05, 3.63) is 23.9 Å². The summed E-state index contributed by atoms with van der Waals surface area (Å²) in [6, 6.07) is 0. The number of aliphatic imine (C=N–C) groups is 1. The second-order valence-electron chi connectivity index (χ2n) is 3.22. The normalized spacial score (nSPS) is 23.5. The van der Waals surface area contributed by atoms with E-state index in [1.54, 1.807) is 20.0 Å². The van der Waals surface area contributed by atoms with Crippen molar-refractivity contribution in [2.24, 2.45) is 10.9 Å². The van der Waals surface area contributed by atoms with E-state index in [9.17, 15) is 4.79 Å².